The maximum absolute atomic E-state index is 11.7. The summed E-state index contributed by atoms with van der Waals surface area (Å²) in [5, 5.41) is 14.0. The van der Waals surface area contributed by atoms with Gasteiger partial charge in [0.15, 0.2) is 0 Å². The zero-order valence-corrected chi connectivity index (χ0v) is 12.2. The molecule has 0 aromatic heterocycles. The molecule has 8 heteroatoms. The van der Waals surface area contributed by atoms with E-state index in [2.05, 4.69) is 10.6 Å². The summed E-state index contributed by atoms with van der Waals surface area (Å²) in [4.78, 5) is 34.2. The van der Waals surface area contributed by atoms with E-state index in [1.807, 2.05) is 0 Å². The van der Waals surface area contributed by atoms with Crippen LogP contribution in [-0.4, -0.2) is 35.7 Å². The molecule has 1 rings (SSSR count). The molecule has 0 aliphatic rings. The lowest BCUT2D eigenvalue weighted by molar-refractivity contribution is -0.144. The monoisotopic (exact) mass is 314 g/mol. The number of urea groups is 1. The van der Waals surface area contributed by atoms with Crippen LogP contribution in [0.3, 0.4) is 0 Å². The van der Waals surface area contributed by atoms with E-state index in [4.69, 9.17) is 21.4 Å². The minimum Gasteiger partial charge on any atom is -0.478 e. The van der Waals surface area contributed by atoms with Gasteiger partial charge in [-0.05, 0) is 32.0 Å². The number of nitrogens with one attached hydrogen (secondary N) is 2. The van der Waals surface area contributed by atoms with Crippen molar-refractivity contribution in [1.82, 2.24) is 5.32 Å². The molecule has 0 bridgehead atoms. The fourth-order valence-corrected chi connectivity index (χ4v) is 1.66. The molecule has 114 valence electrons. The van der Waals surface area contributed by atoms with Crippen LogP contribution in [0.4, 0.5) is 10.5 Å². The van der Waals surface area contributed by atoms with Crippen molar-refractivity contribution in [3.05, 3.63) is 28.8 Å². The van der Waals surface area contributed by atoms with E-state index in [0.29, 0.717) is 0 Å². The van der Waals surface area contributed by atoms with Gasteiger partial charge in [0.2, 0.25) is 0 Å². The average molecular weight is 315 g/mol. The molecule has 7 nitrogen and oxygen atoms in total. The minimum atomic E-state index is -1.23. The van der Waals surface area contributed by atoms with E-state index < -0.39 is 24.0 Å². The molecule has 21 heavy (non-hydrogen) atoms. The number of ether oxygens (including phenoxy) is 1. The highest BCUT2D eigenvalue weighted by atomic mass is 35.5. The van der Waals surface area contributed by atoms with Crippen molar-refractivity contribution < 1.29 is 24.2 Å². The van der Waals surface area contributed by atoms with E-state index in [1.165, 1.54) is 25.1 Å². The standard InChI is InChI=1S/C13H15ClN2O5/c1-3-21-12(19)7(2)15-13(20)16-10-5-4-8(14)6-9(10)11(17)18/h4-7H,3H2,1-2H3,(H,17,18)(H2,15,16,20). The number of halogens is 1. The smallest absolute Gasteiger partial charge is 0.337 e. The Hall–Kier alpha value is -2.28. The molecule has 1 unspecified atom stereocenters. The number of carboxylic acids is 1. The summed E-state index contributed by atoms with van der Waals surface area (Å²) in [6.07, 6.45) is 0. The Labute approximate surface area is 126 Å². The lowest BCUT2D eigenvalue weighted by Crippen LogP contribution is -2.42. The molecule has 0 saturated carbocycles. The van der Waals surface area contributed by atoms with Crippen molar-refractivity contribution in [1.29, 1.82) is 0 Å². The average Bonchev–Trinajstić information content (AvgIpc) is 2.40. The number of carboxylic acid groups (broad SMARTS) is 1. The van der Waals surface area contributed by atoms with Crippen LogP contribution >= 0.6 is 11.6 Å². The van der Waals surface area contributed by atoms with E-state index in [1.54, 1.807) is 6.92 Å². The van der Waals surface area contributed by atoms with Crippen LogP contribution in [0.15, 0.2) is 18.2 Å². The van der Waals surface area contributed by atoms with Crippen molar-refractivity contribution in [2.45, 2.75) is 19.9 Å². The molecule has 0 heterocycles. The van der Waals surface area contributed by atoms with Gasteiger partial charge < -0.3 is 20.5 Å². The Morgan fingerprint density at radius 2 is 2.05 bits per heavy atom. The molecule has 2 amide bonds. The molecule has 0 aliphatic carbocycles. The number of amides is 2. The summed E-state index contributed by atoms with van der Waals surface area (Å²) in [7, 11) is 0. The van der Waals surface area contributed by atoms with Crippen molar-refractivity contribution in [3.63, 3.8) is 0 Å². The summed E-state index contributed by atoms with van der Waals surface area (Å²) in [6.45, 7) is 3.31. The third kappa shape index (κ3) is 4.96. The second-order valence-electron chi connectivity index (χ2n) is 4.07. The molecular formula is C13H15ClN2O5. The summed E-state index contributed by atoms with van der Waals surface area (Å²) in [6, 6.07) is 2.44. The van der Waals surface area contributed by atoms with E-state index in [-0.39, 0.29) is 22.9 Å². The van der Waals surface area contributed by atoms with Gasteiger partial charge in [-0.15, -0.1) is 0 Å². The molecule has 0 saturated heterocycles. The van der Waals surface area contributed by atoms with Gasteiger partial charge in [0.1, 0.15) is 6.04 Å². The number of rotatable bonds is 5. The Morgan fingerprint density at radius 3 is 2.62 bits per heavy atom. The van der Waals surface area contributed by atoms with Crippen LogP contribution in [-0.2, 0) is 9.53 Å². The highest BCUT2D eigenvalue weighted by Crippen LogP contribution is 2.20. The quantitative estimate of drug-likeness (QED) is 0.722. The number of hydrogen-bond donors (Lipinski definition) is 3. The lowest BCUT2D eigenvalue weighted by atomic mass is 10.2. The number of esters is 1. The zero-order chi connectivity index (χ0) is 16.0. The molecule has 3 N–H and O–H groups in total. The van der Waals surface area contributed by atoms with Gasteiger partial charge in [-0.1, -0.05) is 11.6 Å². The summed E-state index contributed by atoms with van der Waals surface area (Å²) >= 11 is 5.71. The normalized spacial score (nSPS) is 11.4. The number of hydrogen-bond acceptors (Lipinski definition) is 4. The molecule has 0 fully saturated rings. The van der Waals surface area contributed by atoms with Crippen LogP contribution in [0.5, 0.6) is 0 Å². The van der Waals surface area contributed by atoms with E-state index >= 15 is 0 Å². The third-order valence-electron chi connectivity index (χ3n) is 2.45. The van der Waals surface area contributed by atoms with E-state index in [9.17, 15) is 14.4 Å². The highest BCUT2D eigenvalue weighted by Gasteiger charge is 2.18. The van der Waals surface area contributed by atoms with Gasteiger partial charge in [0, 0.05) is 5.02 Å². The zero-order valence-electron chi connectivity index (χ0n) is 11.5. The van der Waals surface area contributed by atoms with Crippen LogP contribution in [0.2, 0.25) is 5.02 Å². The molecule has 0 aliphatic heterocycles. The summed E-state index contributed by atoms with van der Waals surface area (Å²) in [5.41, 5.74) is -0.0816. The topological polar surface area (TPSA) is 105 Å². The van der Waals surface area contributed by atoms with Gasteiger partial charge in [-0.25, -0.2) is 14.4 Å². The Morgan fingerprint density at radius 1 is 1.38 bits per heavy atom. The number of anilines is 1. The first kappa shape index (κ1) is 16.8. The van der Waals surface area contributed by atoms with Crippen molar-refractivity contribution in [2.24, 2.45) is 0 Å². The van der Waals surface area contributed by atoms with E-state index in [0.717, 1.165) is 0 Å². The molecule has 0 spiro atoms. The minimum absolute atomic E-state index is 0.0699. The number of benzene rings is 1. The number of carbonyl (C=O) groups excluding carboxylic acids is 2. The Balaban J connectivity index is 2.75. The summed E-state index contributed by atoms with van der Waals surface area (Å²) < 4.78 is 4.74. The molecule has 1 aromatic carbocycles. The van der Waals surface area contributed by atoms with Gasteiger partial charge in [-0.2, -0.15) is 0 Å². The second-order valence-corrected chi connectivity index (χ2v) is 4.50. The number of carbonyl (C=O) groups is 3. The maximum Gasteiger partial charge on any atom is 0.337 e. The van der Waals surface area contributed by atoms with Gasteiger partial charge in [0.25, 0.3) is 0 Å². The largest absolute Gasteiger partial charge is 0.478 e. The van der Waals surface area contributed by atoms with Crippen molar-refractivity contribution >= 4 is 35.3 Å². The molecule has 1 aromatic rings. The Kier molecular flexibility index (Phi) is 5.98. The Bertz CT molecular complexity index is 561. The first-order chi connectivity index (χ1) is 9.85. The van der Waals surface area contributed by atoms with Crippen LogP contribution in [0.25, 0.3) is 0 Å². The predicted molar refractivity (Wildman–Crippen MR) is 76.7 cm³/mol. The first-order valence-electron chi connectivity index (χ1n) is 6.12. The van der Waals surface area contributed by atoms with Crippen LogP contribution in [0.1, 0.15) is 24.2 Å². The van der Waals surface area contributed by atoms with Gasteiger partial charge >= 0.3 is 18.0 Å². The fourth-order valence-electron chi connectivity index (χ4n) is 1.48. The first-order valence-corrected chi connectivity index (χ1v) is 6.50. The van der Waals surface area contributed by atoms with Crippen molar-refractivity contribution in [3.8, 4) is 0 Å². The third-order valence-corrected chi connectivity index (χ3v) is 2.68. The lowest BCUT2D eigenvalue weighted by Gasteiger charge is -2.14. The second kappa shape index (κ2) is 7.49. The maximum atomic E-state index is 11.7. The van der Waals surface area contributed by atoms with Crippen molar-refractivity contribution in [2.75, 3.05) is 11.9 Å². The fraction of sp³-hybridized carbons (Fsp3) is 0.308. The van der Waals surface area contributed by atoms with Crippen LogP contribution in [0, 0.1) is 0 Å². The molecule has 1 atom stereocenters. The van der Waals surface area contributed by atoms with Crippen LogP contribution < -0.4 is 10.6 Å². The molecule has 0 radical (unpaired) electrons. The summed E-state index contributed by atoms with van der Waals surface area (Å²) in [5.74, 6) is -1.81. The number of aromatic carboxylic acids is 1. The SMILES string of the molecule is CCOC(=O)C(C)NC(=O)Nc1ccc(Cl)cc1C(=O)O. The predicted octanol–water partition coefficient (Wildman–Crippen LogP) is 2.11. The highest BCUT2D eigenvalue weighted by molar-refractivity contribution is 6.31. The molecular weight excluding hydrogens is 300 g/mol. The van der Waals surface area contributed by atoms with Gasteiger partial charge in [-0.3, -0.25) is 0 Å². The van der Waals surface area contributed by atoms with Gasteiger partial charge in [0.05, 0.1) is 17.9 Å².